The normalized spacial score (nSPS) is 11.9. The van der Waals surface area contributed by atoms with Crippen LogP contribution in [0, 0.1) is 5.92 Å². The summed E-state index contributed by atoms with van der Waals surface area (Å²) in [5.74, 6) is 0.0852. The molecule has 0 aliphatic rings. The first-order valence-corrected chi connectivity index (χ1v) is 11.4. The van der Waals surface area contributed by atoms with Crippen molar-refractivity contribution in [2.24, 2.45) is 16.6 Å². The molecule has 0 fully saturated rings. The van der Waals surface area contributed by atoms with Gasteiger partial charge in [0.1, 0.15) is 5.75 Å². The van der Waals surface area contributed by atoms with Gasteiger partial charge in [0.25, 0.3) is 5.91 Å². The Hall–Kier alpha value is -3.27. The van der Waals surface area contributed by atoms with E-state index in [9.17, 15) is 9.59 Å². The second-order valence-electron chi connectivity index (χ2n) is 7.90. The molecule has 0 saturated heterocycles. The summed E-state index contributed by atoms with van der Waals surface area (Å²) in [5.41, 5.74) is 10.8. The van der Waals surface area contributed by atoms with Gasteiger partial charge in [-0.05, 0) is 47.9 Å². The Labute approximate surface area is 214 Å². The van der Waals surface area contributed by atoms with Gasteiger partial charge in [0, 0.05) is 18.6 Å². The van der Waals surface area contributed by atoms with Crippen LogP contribution in [0.5, 0.6) is 5.75 Å². The van der Waals surface area contributed by atoms with E-state index in [1.165, 1.54) is 13.0 Å². The summed E-state index contributed by atoms with van der Waals surface area (Å²) in [5, 5.41) is 5.60. The van der Waals surface area contributed by atoms with Crippen molar-refractivity contribution in [3.05, 3.63) is 63.6 Å². The van der Waals surface area contributed by atoms with E-state index in [2.05, 4.69) is 21.1 Å². The number of halogens is 2. The molecular formula is C24H29Cl2N5O4. The molecular weight excluding hydrogens is 493 g/mol. The highest BCUT2D eigenvalue weighted by atomic mass is 35.5. The van der Waals surface area contributed by atoms with Crippen molar-refractivity contribution in [2.75, 3.05) is 19.0 Å². The van der Waals surface area contributed by atoms with Crippen LogP contribution in [0.1, 0.15) is 31.9 Å². The minimum Gasteiger partial charge on any atom is -0.497 e. The van der Waals surface area contributed by atoms with Crippen molar-refractivity contribution in [2.45, 2.75) is 27.3 Å². The average Bonchev–Trinajstić information content (AvgIpc) is 2.79. The Balaban J connectivity index is 2.11. The maximum Gasteiger partial charge on any atom is 0.252 e. The summed E-state index contributed by atoms with van der Waals surface area (Å²) >= 11 is 12.4. The number of nitrogens with two attached hydrogens (primary N) is 1. The van der Waals surface area contributed by atoms with Crippen LogP contribution in [0.4, 0.5) is 5.69 Å². The molecule has 5 N–H and O–H groups in total. The Morgan fingerprint density at radius 2 is 1.77 bits per heavy atom. The number of anilines is 1. The molecule has 0 radical (unpaired) electrons. The van der Waals surface area contributed by atoms with E-state index in [4.69, 9.17) is 38.5 Å². The first kappa shape index (κ1) is 28.0. The van der Waals surface area contributed by atoms with Gasteiger partial charge in [0.2, 0.25) is 5.91 Å². The Bertz CT molecular complexity index is 1080. The van der Waals surface area contributed by atoms with Crippen LogP contribution >= 0.6 is 23.2 Å². The lowest BCUT2D eigenvalue weighted by Crippen LogP contribution is -2.36. The number of hydroxylamine groups is 1. The first-order valence-electron chi connectivity index (χ1n) is 10.7. The number of hydrogen-bond acceptors (Lipinski definition) is 6. The van der Waals surface area contributed by atoms with Crippen LogP contribution in [0.2, 0.25) is 10.0 Å². The number of carbonyl (C=O) groups excluding carboxylic acids is 2. The number of nitrogens with zero attached hydrogens (tertiary/aromatic N) is 1. The zero-order valence-electron chi connectivity index (χ0n) is 19.9. The quantitative estimate of drug-likeness (QED) is 0.161. The molecule has 35 heavy (non-hydrogen) atoms. The van der Waals surface area contributed by atoms with E-state index in [1.807, 2.05) is 13.8 Å². The highest BCUT2D eigenvalue weighted by molar-refractivity contribution is 6.39. The number of aliphatic imine (C=N–C) groups is 1. The second kappa shape index (κ2) is 13.6. The molecule has 0 atom stereocenters. The third kappa shape index (κ3) is 9.48. The van der Waals surface area contributed by atoms with E-state index in [1.54, 1.807) is 43.5 Å². The summed E-state index contributed by atoms with van der Waals surface area (Å²) in [6, 6.07) is 10.3. The number of carbonyl (C=O) groups is 2. The van der Waals surface area contributed by atoms with Crippen LogP contribution < -0.4 is 26.6 Å². The van der Waals surface area contributed by atoms with Gasteiger partial charge >= 0.3 is 0 Å². The number of nitrogens with one attached hydrogen (secondary N) is 3. The van der Waals surface area contributed by atoms with Crippen LogP contribution in [-0.4, -0.2) is 31.5 Å². The maximum atomic E-state index is 12.6. The van der Waals surface area contributed by atoms with Gasteiger partial charge in [-0.1, -0.05) is 37.0 Å². The van der Waals surface area contributed by atoms with Gasteiger partial charge in [-0.15, -0.1) is 0 Å². The van der Waals surface area contributed by atoms with Crippen molar-refractivity contribution in [3.63, 3.8) is 0 Å². The monoisotopic (exact) mass is 521 g/mol. The van der Waals surface area contributed by atoms with E-state index < -0.39 is 5.91 Å². The lowest BCUT2D eigenvalue weighted by atomic mass is 10.1. The van der Waals surface area contributed by atoms with Crippen LogP contribution in [-0.2, 0) is 21.0 Å². The fourth-order valence-corrected chi connectivity index (χ4v) is 3.38. The van der Waals surface area contributed by atoms with Crippen molar-refractivity contribution in [1.29, 1.82) is 0 Å². The fourth-order valence-electron chi connectivity index (χ4n) is 2.75. The van der Waals surface area contributed by atoms with Crippen molar-refractivity contribution in [1.82, 2.24) is 10.8 Å². The van der Waals surface area contributed by atoms with Gasteiger partial charge in [0.15, 0.2) is 5.96 Å². The lowest BCUT2D eigenvalue weighted by Gasteiger charge is -2.13. The van der Waals surface area contributed by atoms with E-state index in [-0.39, 0.29) is 28.5 Å². The fraction of sp³-hybridized carbons (Fsp3) is 0.292. The smallest absolute Gasteiger partial charge is 0.252 e. The molecule has 0 spiro atoms. The SMILES string of the molecule is COc1ccc(C(=CC(=O)NC(N)=NCc2cc(Cl)c(NC(C)=O)c(Cl)c2)NOCC(C)C)cc1. The summed E-state index contributed by atoms with van der Waals surface area (Å²) < 4.78 is 5.18. The number of benzene rings is 2. The molecule has 0 aromatic heterocycles. The van der Waals surface area contributed by atoms with Crippen LogP contribution in [0.3, 0.4) is 0 Å². The maximum absolute atomic E-state index is 12.6. The molecule has 0 aliphatic heterocycles. The van der Waals surface area contributed by atoms with Gasteiger partial charge in [-0.2, -0.15) is 0 Å². The molecule has 188 valence electrons. The van der Waals surface area contributed by atoms with Crippen molar-refractivity contribution < 1.29 is 19.2 Å². The summed E-state index contributed by atoms with van der Waals surface area (Å²) in [4.78, 5) is 33.5. The highest BCUT2D eigenvalue weighted by Crippen LogP contribution is 2.32. The number of amides is 2. The minimum atomic E-state index is -0.505. The molecule has 0 saturated carbocycles. The third-order valence-corrected chi connectivity index (χ3v) is 4.96. The second-order valence-corrected chi connectivity index (χ2v) is 8.71. The average molecular weight is 522 g/mol. The molecule has 0 aliphatic carbocycles. The molecule has 2 aromatic carbocycles. The predicted octanol–water partition coefficient (Wildman–Crippen LogP) is 4.11. The molecule has 0 heterocycles. The topological polar surface area (TPSA) is 127 Å². The zero-order valence-corrected chi connectivity index (χ0v) is 21.5. The highest BCUT2D eigenvalue weighted by Gasteiger charge is 2.11. The largest absolute Gasteiger partial charge is 0.497 e. The van der Waals surface area contributed by atoms with E-state index in [0.29, 0.717) is 40.8 Å². The molecule has 2 aromatic rings. The molecule has 2 amide bonds. The van der Waals surface area contributed by atoms with Gasteiger partial charge in [-0.25, -0.2) is 4.99 Å². The number of methoxy groups -OCH3 is 1. The van der Waals surface area contributed by atoms with Gasteiger partial charge < -0.3 is 15.8 Å². The minimum absolute atomic E-state index is 0.0957. The van der Waals surface area contributed by atoms with Crippen molar-refractivity contribution >= 4 is 52.4 Å². The van der Waals surface area contributed by atoms with Crippen molar-refractivity contribution in [3.8, 4) is 5.75 Å². The number of rotatable bonds is 10. The first-order chi connectivity index (χ1) is 16.6. The lowest BCUT2D eigenvalue weighted by molar-refractivity contribution is -0.115. The number of hydrogen-bond donors (Lipinski definition) is 4. The zero-order chi connectivity index (χ0) is 26.0. The summed E-state index contributed by atoms with van der Waals surface area (Å²) in [6.45, 7) is 5.93. The van der Waals surface area contributed by atoms with Gasteiger partial charge in [0.05, 0.1) is 41.7 Å². The predicted molar refractivity (Wildman–Crippen MR) is 139 cm³/mol. The molecule has 0 bridgehead atoms. The molecule has 11 heteroatoms. The van der Waals surface area contributed by atoms with Crippen LogP contribution in [0.15, 0.2) is 47.5 Å². The number of guanidine groups is 1. The van der Waals surface area contributed by atoms with E-state index >= 15 is 0 Å². The Morgan fingerprint density at radius 1 is 1.14 bits per heavy atom. The molecule has 9 nitrogen and oxygen atoms in total. The summed E-state index contributed by atoms with van der Waals surface area (Å²) in [6.07, 6.45) is 1.32. The Kier molecular flexibility index (Phi) is 10.8. The third-order valence-electron chi connectivity index (χ3n) is 4.36. The Morgan fingerprint density at radius 3 is 2.31 bits per heavy atom. The number of ether oxygens (including phenoxy) is 1. The standard InChI is InChI=1S/C24H29Cl2N5O4/c1-14(2)13-35-31-21(17-5-7-18(34-4)8-6-17)11-22(33)30-24(27)28-12-16-9-19(25)23(20(26)10-16)29-15(3)32/h5-11,14,31H,12-13H2,1-4H3,(H,29,32)(H3,27,28,30,33). The van der Waals surface area contributed by atoms with Crippen LogP contribution in [0.25, 0.3) is 5.70 Å². The summed E-state index contributed by atoms with van der Waals surface area (Å²) in [7, 11) is 1.57. The van der Waals surface area contributed by atoms with Gasteiger partial charge in [-0.3, -0.25) is 25.2 Å². The van der Waals surface area contributed by atoms with E-state index in [0.717, 1.165) is 0 Å². The molecule has 2 rings (SSSR count). The molecule has 0 unspecified atom stereocenters.